The first-order valence-corrected chi connectivity index (χ1v) is 10.2. The van der Waals surface area contributed by atoms with E-state index in [-0.39, 0.29) is 23.6 Å². The quantitative estimate of drug-likeness (QED) is 0.527. The van der Waals surface area contributed by atoms with E-state index in [1.807, 2.05) is 42.5 Å². The number of hydrogen-bond acceptors (Lipinski definition) is 4. The van der Waals surface area contributed by atoms with E-state index in [0.29, 0.717) is 11.6 Å². The topological polar surface area (TPSA) is 68.6 Å². The second-order valence-electron chi connectivity index (χ2n) is 7.20. The molecule has 0 aliphatic heterocycles. The van der Waals surface area contributed by atoms with Gasteiger partial charge in [-0.1, -0.05) is 60.1 Å². The van der Waals surface area contributed by atoms with Gasteiger partial charge in [-0.2, -0.15) is 0 Å². The van der Waals surface area contributed by atoms with Gasteiger partial charge in [0.1, 0.15) is 0 Å². The molecule has 6 nitrogen and oxygen atoms in total. The summed E-state index contributed by atoms with van der Waals surface area (Å²) in [6.07, 6.45) is 0.448. The number of ether oxygens (including phenoxy) is 1. The molecule has 31 heavy (non-hydrogen) atoms. The Balaban J connectivity index is 1.67. The van der Waals surface area contributed by atoms with E-state index < -0.39 is 12.1 Å². The second kappa shape index (κ2) is 10.1. The van der Waals surface area contributed by atoms with Gasteiger partial charge in [0, 0.05) is 30.9 Å². The zero-order valence-electron chi connectivity index (χ0n) is 17.3. The van der Waals surface area contributed by atoms with Crippen molar-refractivity contribution < 1.29 is 14.3 Å². The van der Waals surface area contributed by atoms with E-state index in [9.17, 15) is 14.4 Å². The molecule has 1 unspecified atom stereocenters. The highest BCUT2D eigenvalue weighted by molar-refractivity contribution is 6.31. The lowest BCUT2D eigenvalue weighted by Gasteiger charge is -2.21. The summed E-state index contributed by atoms with van der Waals surface area (Å²) in [5, 5.41) is 0.531. The zero-order valence-corrected chi connectivity index (χ0v) is 18.1. The third-order valence-electron chi connectivity index (χ3n) is 4.79. The van der Waals surface area contributed by atoms with Gasteiger partial charge in [-0.25, -0.2) is 4.79 Å². The Hall–Kier alpha value is -3.38. The fraction of sp³-hybridized carbons (Fsp3) is 0.208. The van der Waals surface area contributed by atoms with Gasteiger partial charge in [0.2, 0.25) is 0 Å². The standard InChI is InChI=1S/C24H23ClN2O4/c1-17(23(29)26(2)14-18-8-4-3-5-9-18)31-24(30)20-12-13-22(28)27(16-20)15-19-10-6-7-11-21(19)25/h3-13,16-17H,14-15H2,1-2H3. The van der Waals surface area contributed by atoms with E-state index >= 15 is 0 Å². The molecule has 0 aliphatic carbocycles. The van der Waals surface area contributed by atoms with Crippen molar-refractivity contribution in [2.24, 2.45) is 0 Å². The molecule has 7 heteroatoms. The number of rotatable bonds is 7. The van der Waals surface area contributed by atoms with Crippen LogP contribution in [-0.4, -0.2) is 34.5 Å². The highest BCUT2D eigenvalue weighted by Gasteiger charge is 2.22. The van der Waals surface area contributed by atoms with Crippen LogP contribution in [0.4, 0.5) is 0 Å². The monoisotopic (exact) mass is 438 g/mol. The molecule has 0 N–H and O–H groups in total. The number of carbonyl (C=O) groups excluding carboxylic acids is 2. The summed E-state index contributed by atoms with van der Waals surface area (Å²) in [5.41, 5.74) is 1.63. The van der Waals surface area contributed by atoms with E-state index in [1.54, 1.807) is 19.2 Å². The van der Waals surface area contributed by atoms with Gasteiger partial charge in [0.25, 0.3) is 11.5 Å². The summed E-state index contributed by atoms with van der Waals surface area (Å²) in [7, 11) is 1.66. The van der Waals surface area contributed by atoms with Crippen LogP contribution in [0.2, 0.25) is 5.02 Å². The van der Waals surface area contributed by atoms with Gasteiger partial charge < -0.3 is 14.2 Å². The normalized spacial score (nSPS) is 11.6. The molecule has 0 radical (unpaired) electrons. The zero-order chi connectivity index (χ0) is 22.4. The predicted molar refractivity (Wildman–Crippen MR) is 119 cm³/mol. The smallest absolute Gasteiger partial charge is 0.340 e. The summed E-state index contributed by atoms with van der Waals surface area (Å²) in [6, 6.07) is 19.4. The maximum Gasteiger partial charge on any atom is 0.340 e. The van der Waals surface area contributed by atoms with Crippen LogP contribution in [0.1, 0.15) is 28.4 Å². The molecule has 0 saturated heterocycles. The van der Waals surface area contributed by atoms with Crippen LogP contribution in [0.3, 0.4) is 0 Å². The molecule has 0 fully saturated rings. The lowest BCUT2D eigenvalue weighted by atomic mass is 10.2. The number of pyridine rings is 1. The Morgan fingerprint density at radius 1 is 1.03 bits per heavy atom. The number of amides is 1. The van der Waals surface area contributed by atoms with Crippen molar-refractivity contribution in [1.29, 1.82) is 0 Å². The van der Waals surface area contributed by atoms with E-state index in [0.717, 1.165) is 11.1 Å². The second-order valence-corrected chi connectivity index (χ2v) is 7.61. The minimum atomic E-state index is -0.967. The minimum absolute atomic E-state index is 0.178. The Labute approximate surface area is 185 Å². The fourth-order valence-corrected chi connectivity index (χ4v) is 3.31. The SMILES string of the molecule is CC(OC(=O)c1ccc(=O)n(Cc2ccccc2Cl)c1)C(=O)N(C)Cc1ccccc1. The Bertz CT molecular complexity index is 1130. The summed E-state index contributed by atoms with van der Waals surface area (Å²) < 4.78 is 6.74. The van der Waals surface area contributed by atoms with Crippen LogP contribution in [0.5, 0.6) is 0 Å². The molecule has 2 aromatic carbocycles. The highest BCUT2D eigenvalue weighted by atomic mass is 35.5. The molecule has 1 aromatic heterocycles. The summed E-state index contributed by atoms with van der Waals surface area (Å²) >= 11 is 6.17. The van der Waals surface area contributed by atoms with E-state index in [4.69, 9.17) is 16.3 Å². The van der Waals surface area contributed by atoms with Crippen LogP contribution >= 0.6 is 11.6 Å². The van der Waals surface area contributed by atoms with E-state index in [2.05, 4.69) is 0 Å². The number of carbonyl (C=O) groups is 2. The largest absolute Gasteiger partial charge is 0.449 e. The van der Waals surface area contributed by atoms with Crippen molar-refractivity contribution in [3.05, 3.63) is 105 Å². The number of likely N-dealkylation sites (N-methyl/N-ethyl adjacent to an activating group) is 1. The van der Waals surface area contributed by atoms with Crippen molar-refractivity contribution in [2.75, 3.05) is 7.05 Å². The van der Waals surface area contributed by atoms with Gasteiger partial charge >= 0.3 is 5.97 Å². The molecule has 3 rings (SSSR count). The van der Waals surface area contributed by atoms with Crippen LogP contribution in [0.25, 0.3) is 0 Å². The fourth-order valence-electron chi connectivity index (χ4n) is 3.11. The Morgan fingerprint density at radius 2 is 1.71 bits per heavy atom. The van der Waals surface area contributed by atoms with Crippen LogP contribution in [0, 0.1) is 0 Å². The van der Waals surface area contributed by atoms with Crippen molar-refractivity contribution in [1.82, 2.24) is 9.47 Å². The van der Waals surface area contributed by atoms with Gasteiger partial charge in [0.15, 0.2) is 6.10 Å². The van der Waals surface area contributed by atoms with Gasteiger partial charge in [-0.3, -0.25) is 9.59 Å². The molecular weight excluding hydrogens is 416 g/mol. The highest BCUT2D eigenvalue weighted by Crippen LogP contribution is 2.16. The minimum Gasteiger partial charge on any atom is -0.449 e. The van der Waals surface area contributed by atoms with Crippen molar-refractivity contribution >= 4 is 23.5 Å². The predicted octanol–water partition coefficient (Wildman–Crippen LogP) is 3.75. The number of benzene rings is 2. The van der Waals surface area contributed by atoms with Gasteiger partial charge in [0.05, 0.1) is 12.1 Å². The van der Waals surface area contributed by atoms with Crippen LogP contribution in [-0.2, 0) is 22.6 Å². The molecule has 0 saturated carbocycles. The third-order valence-corrected chi connectivity index (χ3v) is 5.16. The van der Waals surface area contributed by atoms with Gasteiger partial charge in [-0.05, 0) is 30.2 Å². The molecule has 3 aromatic rings. The third kappa shape index (κ3) is 5.83. The number of esters is 1. The number of aromatic nitrogens is 1. The maximum absolute atomic E-state index is 12.6. The summed E-state index contributed by atoms with van der Waals surface area (Å²) in [6.45, 7) is 2.15. The molecule has 1 atom stereocenters. The average molecular weight is 439 g/mol. The summed E-state index contributed by atoms with van der Waals surface area (Å²) in [4.78, 5) is 38.9. The molecular formula is C24H23ClN2O4. The van der Waals surface area contributed by atoms with Crippen molar-refractivity contribution in [3.63, 3.8) is 0 Å². The van der Waals surface area contributed by atoms with Crippen molar-refractivity contribution in [2.45, 2.75) is 26.1 Å². The van der Waals surface area contributed by atoms with E-state index in [1.165, 1.54) is 34.7 Å². The molecule has 0 spiro atoms. The van der Waals surface area contributed by atoms with Crippen LogP contribution < -0.4 is 5.56 Å². The molecule has 1 amide bonds. The lowest BCUT2D eigenvalue weighted by Crippen LogP contribution is -2.37. The Kier molecular flexibility index (Phi) is 7.26. The molecule has 0 aliphatic rings. The number of nitrogens with zero attached hydrogens (tertiary/aromatic N) is 2. The lowest BCUT2D eigenvalue weighted by molar-refractivity contribution is -0.139. The molecule has 160 valence electrons. The number of halogens is 1. The first-order chi connectivity index (χ1) is 14.8. The average Bonchev–Trinajstić information content (AvgIpc) is 2.76. The first-order valence-electron chi connectivity index (χ1n) is 9.79. The first kappa shape index (κ1) is 22.3. The van der Waals surface area contributed by atoms with Gasteiger partial charge in [-0.15, -0.1) is 0 Å². The number of hydrogen-bond donors (Lipinski definition) is 0. The maximum atomic E-state index is 12.6. The van der Waals surface area contributed by atoms with Crippen LogP contribution in [0.15, 0.2) is 77.7 Å². The summed E-state index contributed by atoms with van der Waals surface area (Å²) in [5.74, 6) is -0.997. The molecule has 1 heterocycles. The van der Waals surface area contributed by atoms with Crippen molar-refractivity contribution in [3.8, 4) is 0 Å². The Morgan fingerprint density at radius 3 is 2.42 bits per heavy atom. The molecule has 0 bridgehead atoms.